The number of hydrogen-bond acceptors (Lipinski definition) is 5. The van der Waals surface area contributed by atoms with Gasteiger partial charge in [-0.2, -0.15) is 5.10 Å². The van der Waals surface area contributed by atoms with Crippen molar-refractivity contribution in [1.29, 1.82) is 0 Å². The van der Waals surface area contributed by atoms with Gasteiger partial charge in [0.05, 0.1) is 12.3 Å². The smallest absolute Gasteiger partial charge is 0.335 e. The van der Waals surface area contributed by atoms with E-state index in [0.29, 0.717) is 6.61 Å². The van der Waals surface area contributed by atoms with Crippen LogP contribution in [0.25, 0.3) is 0 Å². The average Bonchev–Trinajstić information content (AvgIpc) is 2.97. The molecule has 1 aromatic rings. The molecule has 6 nitrogen and oxygen atoms in total. The Balaban J connectivity index is 2.19. The number of esters is 1. The van der Waals surface area contributed by atoms with Crippen LogP contribution in [0.15, 0.2) is 17.3 Å². The van der Waals surface area contributed by atoms with Crippen LogP contribution in [0.1, 0.15) is 25.6 Å². The highest BCUT2D eigenvalue weighted by atomic mass is 16.5. The third-order valence-corrected chi connectivity index (χ3v) is 2.58. The van der Waals surface area contributed by atoms with Crippen molar-refractivity contribution in [1.82, 2.24) is 9.78 Å². The molecule has 0 spiro atoms. The summed E-state index contributed by atoms with van der Waals surface area (Å²) < 4.78 is 12.1. The first-order valence-electron chi connectivity index (χ1n) is 5.63. The second-order valence-electron chi connectivity index (χ2n) is 3.58. The molecule has 17 heavy (non-hydrogen) atoms. The monoisotopic (exact) mass is 237 g/mol. The van der Waals surface area contributed by atoms with E-state index in [1.807, 2.05) is 13.0 Å². The number of rotatable bonds is 4. The number of carbonyl (C=O) groups excluding carboxylic acids is 1. The summed E-state index contributed by atoms with van der Waals surface area (Å²) in [6.07, 6.45) is 2.55. The van der Waals surface area contributed by atoms with Crippen molar-refractivity contribution in [3.8, 4) is 0 Å². The van der Waals surface area contributed by atoms with Crippen molar-refractivity contribution in [2.75, 3.05) is 6.61 Å². The van der Waals surface area contributed by atoms with Gasteiger partial charge in [-0.25, -0.2) is 9.79 Å². The van der Waals surface area contributed by atoms with Crippen molar-refractivity contribution in [3.63, 3.8) is 0 Å². The summed E-state index contributed by atoms with van der Waals surface area (Å²) in [7, 11) is 0. The normalized spacial score (nSPS) is 22.5. The van der Waals surface area contributed by atoms with E-state index in [4.69, 9.17) is 9.47 Å². The number of nitrogens with zero attached hydrogens (tertiary/aromatic N) is 3. The predicted molar refractivity (Wildman–Crippen MR) is 60.6 cm³/mol. The number of aryl methyl sites for hydroxylation is 1. The maximum atomic E-state index is 11.7. The van der Waals surface area contributed by atoms with Crippen LogP contribution in [0.4, 0.5) is 0 Å². The Labute approximate surface area is 99.2 Å². The lowest BCUT2D eigenvalue weighted by Gasteiger charge is -2.16. The molecular formula is C11H15N3O3. The molecule has 2 rings (SSSR count). The van der Waals surface area contributed by atoms with Gasteiger partial charge in [0.15, 0.2) is 18.5 Å². The van der Waals surface area contributed by atoms with Gasteiger partial charge in [0.1, 0.15) is 0 Å². The summed E-state index contributed by atoms with van der Waals surface area (Å²) in [6, 6.07) is 1.20. The predicted octanol–water partition coefficient (Wildman–Crippen LogP) is 0.934. The van der Waals surface area contributed by atoms with Crippen LogP contribution in [0, 0.1) is 0 Å². The lowest BCUT2D eigenvalue weighted by molar-refractivity contribution is -0.146. The SMILES string of the molecule is CCOC(=O)C1N=COC1c1ccnn1CC. The molecule has 0 fully saturated rings. The van der Waals surface area contributed by atoms with Crippen molar-refractivity contribution in [2.45, 2.75) is 32.5 Å². The Morgan fingerprint density at radius 2 is 2.41 bits per heavy atom. The fourth-order valence-electron chi connectivity index (χ4n) is 1.81. The van der Waals surface area contributed by atoms with E-state index < -0.39 is 12.1 Å². The Kier molecular flexibility index (Phi) is 3.41. The maximum Gasteiger partial charge on any atom is 0.335 e. The number of aliphatic imine (C=N–C) groups is 1. The lowest BCUT2D eigenvalue weighted by Crippen LogP contribution is -2.27. The first kappa shape index (κ1) is 11.6. The van der Waals surface area contributed by atoms with Crippen LogP contribution < -0.4 is 0 Å². The zero-order chi connectivity index (χ0) is 12.3. The van der Waals surface area contributed by atoms with Crippen LogP contribution in [-0.2, 0) is 20.8 Å². The highest BCUT2D eigenvalue weighted by Gasteiger charge is 2.36. The molecule has 0 N–H and O–H groups in total. The van der Waals surface area contributed by atoms with Gasteiger partial charge < -0.3 is 9.47 Å². The molecule has 0 radical (unpaired) electrons. The topological polar surface area (TPSA) is 65.7 Å². The van der Waals surface area contributed by atoms with Crippen LogP contribution in [0.3, 0.4) is 0 Å². The molecule has 0 amide bonds. The average molecular weight is 237 g/mol. The second-order valence-corrected chi connectivity index (χ2v) is 3.58. The molecule has 6 heteroatoms. The summed E-state index contributed by atoms with van der Waals surface area (Å²) >= 11 is 0. The quantitative estimate of drug-likeness (QED) is 0.731. The third kappa shape index (κ3) is 2.15. The van der Waals surface area contributed by atoms with Gasteiger partial charge in [0, 0.05) is 12.7 Å². The van der Waals surface area contributed by atoms with Crippen molar-refractivity contribution >= 4 is 12.4 Å². The van der Waals surface area contributed by atoms with E-state index in [0.717, 1.165) is 12.2 Å². The van der Waals surface area contributed by atoms with E-state index in [1.165, 1.54) is 6.40 Å². The van der Waals surface area contributed by atoms with E-state index in [-0.39, 0.29) is 5.97 Å². The Morgan fingerprint density at radius 3 is 3.12 bits per heavy atom. The number of hydrogen-bond donors (Lipinski definition) is 0. The molecular weight excluding hydrogens is 222 g/mol. The fourth-order valence-corrected chi connectivity index (χ4v) is 1.81. The Hall–Kier alpha value is -1.85. The first-order valence-corrected chi connectivity index (χ1v) is 5.63. The van der Waals surface area contributed by atoms with Gasteiger partial charge in [0.25, 0.3) is 0 Å². The minimum absolute atomic E-state index is 0.338. The van der Waals surface area contributed by atoms with Crippen LogP contribution in [0.2, 0.25) is 0 Å². The molecule has 1 aliphatic heterocycles. The minimum atomic E-state index is -0.628. The van der Waals surface area contributed by atoms with Crippen molar-refractivity contribution in [3.05, 3.63) is 18.0 Å². The molecule has 0 aliphatic carbocycles. The third-order valence-electron chi connectivity index (χ3n) is 2.58. The molecule has 2 unspecified atom stereocenters. The van der Waals surface area contributed by atoms with Gasteiger partial charge in [-0.15, -0.1) is 0 Å². The van der Waals surface area contributed by atoms with Crippen LogP contribution in [-0.4, -0.2) is 34.8 Å². The Morgan fingerprint density at radius 1 is 1.59 bits per heavy atom. The summed E-state index contributed by atoms with van der Waals surface area (Å²) in [5, 5.41) is 4.15. The van der Waals surface area contributed by atoms with Crippen LogP contribution >= 0.6 is 0 Å². The van der Waals surface area contributed by atoms with Gasteiger partial charge in [-0.3, -0.25) is 4.68 Å². The van der Waals surface area contributed by atoms with Gasteiger partial charge in [0.2, 0.25) is 0 Å². The molecule has 2 heterocycles. The standard InChI is InChI=1S/C11H15N3O3/c1-3-14-8(5-6-13-14)10-9(12-7-17-10)11(15)16-4-2/h5-7,9-10H,3-4H2,1-2H3. The van der Waals surface area contributed by atoms with Gasteiger partial charge >= 0.3 is 5.97 Å². The fraction of sp³-hybridized carbons (Fsp3) is 0.545. The zero-order valence-electron chi connectivity index (χ0n) is 9.87. The summed E-state index contributed by atoms with van der Waals surface area (Å²) in [5.41, 5.74) is 0.836. The molecule has 2 atom stereocenters. The van der Waals surface area contributed by atoms with E-state index >= 15 is 0 Å². The molecule has 0 bridgehead atoms. The number of aromatic nitrogens is 2. The highest BCUT2D eigenvalue weighted by Crippen LogP contribution is 2.27. The minimum Gasteiger partial charge on any atom is -0.471 e. The second kappa shape index (κ2) is 4.99. The summed E-state index contributed by atoms with van der Waals surface area (Å²) in [4.78, 5) is 15.7. The Bertz CT molecular complexity index is 427. The lowest BCUT2D eigenvalue weighted by atomic mass is 10.1. The maximum absolute atomic E-state index is 11.7. The zero-order valence-corrected chi connectivity index (χ0v) is 9.87. The molecule has 0 saturated carbocycles. The van der Waals surface area contributed by atoms with E-state index in [1.54, 1.807) is 17.8 Å². The largest absolute Gasteiger partial charge is 0.471 e. The molecule has 0 saturated heterocycles. The summed E-state index contributed by atoms with van der Waals surface area (Å²) in [6.45, 7) is 4.80. The number of carbonyl (C=O) groups is 1. The molecule has 0 aromatic carbocycles. The highest BCUT2D eigenvalue weighted by molar-refractivity contribution is 5.80. The molecule has 1 aromatic heterocycles. The van der Waals surface area contributed by atoms with Crippen molar-refractivity contribution < 1.29 is 14.3 Å². The number of ether oxygens (including phenoxy) is 2. The molecule has 92 valence electrons. The van der Waals surface area contributed by atoms with E-state index in [9.17, 15) is 4.79 Å². The first-order chi connectivity index (χ1) is 8.27. The van der Waals surface area contributed by atoms with Crippen molar-refractivity contribution in [2.24, 2.45) is 4.99 Å². The van der Waals surface area contributed by atoms with E-state index in [2.05, 4.69) is 10.1 Å². The van der Waals surface area contributed by atoms with Gasteiger partial charge in [-0.1, -0.05) is 0 Å². The molecule has 1 aliphatic rings. The van der Waals surface area contributed by atoms with Gasteiger partial charge in [-0.05, 0) is 19.9 Å². The summed E-state index contributed by atoms with van der Waals surface area (Å²) in [5.74, 6) is -0.366. The van der Waals surface area contributed by atoms with Crippen LogP contribution in [0.5, 0.6) is 0 Å².